The summed E-state index contributed by atoms with van der Waals surface area (Å²) < 4.78 is 21.6. The summed E-state index contributed by atoms with van der Waals surface area (Å²) in [5.41, 5.74) is 0. The summed E-state index contributed by atoms with van der Waals surface area (Å²) in [6.07, 6.45) is 9.15. The smallest absolute Gasteiger partial charge is 0.147 e. The molecule has 0 spiro atoms. The van der Waals surface area contributed by atoms with Crippen LogP contribution in [0.2, 0.25) is 0 Å². The first-order valence-electron chi connectivity index (χ1n) is 4.87. The van der Waals surface area contributed by atoms with E-state index in [4.69, 9.17) is 6.42 Å². The monoisotopic (exact) mass is 217 g/mol. The highest BCUT2D eigenvalue weighted by Gasteiger charge is 2.04. The summed E-state index contributed by atoms with van der Waals surface area (Å²) in [6.45, 7) is 2.74. The molecule has 0 heterocycles. The maximum Gasteiger partial charge on any atom is 0.147 e. The minimum absolute atomic E-state index is 0.0829. The Bertz CT molecular complexity index is 277. The van der Waals surface area contributed by atoms with E-state index < -0.39 is 9.84 Å². The molecule has 0 radical (unpaired) electrons. The van der Waals surface area contributed by atoms with Crippen LogP contribution in [-0.4, -0.2) is 33.0 Å². The van der Waals surface area contributed by atoms with Crippen LogP contribution >= 0.6 is 0 Å². The third-order valence-electron chi connectivity index (χ3n) is 1.86. The van der Waals surface area contributed by atoms with Gasteiger partial charge in [-0.05, 0) is 19.4 Å². The fourth-order valence-corrected chi connectivity index (χ4v) is 1.81. The number of nitrogens with one attached hydrogen (secondary N) is 1. The van der Waals surface area contributed by atoms with Crippen molar-refractivity contribution in [3.8, 4) is 12.3 Å². The third kappa shape index (κ3) is 8.09. The second kappa shape index (κ2) is 6.86. The molecule has 0 amide bonds. The second-order valence-corrected chi connectivity index (χ2v) is 5.71. The van der Waals surface area contributed by atoms with Gasteiger partial charge in [-0.15, -0.1) is 6.42 Å². The molecular weight excluding hydrogens is 198 g/mol. The largest absolute Gasteiger partial charge is 0.304 e. The van der Waals surface area contributed by atoms with Gasteiger partial charge in [0, 0.05) is 6.26 Å². The summed E-state index contributed by atoms with van der Waals surface area (Å²) >= 11 is 0. The minimum atomic E-state index is -2.83. The number of hydrogen-bond acceptors (Lipinski definition) is 3. The van der Waals surface area contributed by atoms with Gasteiger partial charge in [0.05, 0.1) is 11.8 Å². The molecule has 14 heavy (non-hydrogen) atoms. The Balaban J connectivity index is 3.58. The molecule has 0 aliphatic carbocycles. The predicted octanol–water partition coefficient (Wildman–Crippen LogP) is 0.813. The van der Waals surface area contributed by atoms with E-state index in [1.165, 1.54) is 6.26 Å². The van der Waals surface area contributed by atoms with Gasteiger partial charge in [-0.25, -0.2) is 8.42 Å². The summed E-state index contributed by atoms with van der Waals surface area (Å²) in [5, 5.41) is 3.14. The molecule has 0 aromatic heterocycles. The first-order chi connectivity index (χ1) is 6.49. The molecule has 0 aromatic rings. The lowest BCUT2D eigenvalue weighted by Crippen LogP contribution is -2.29. The van der Waals surface area contributed by atoms with Crippen LogP contribution in [0.5, 0.6) is 0 Å². The number of hydrogen-bond donors (Lipinski definition) is 1. The van der Waals surface area contributed by atoms with E-state index in [2.05, 4.69) is 18.2 Å². The van der Waals surface area contributed by atoms with Gasteiger partial charge in [0.2, 0.25) is 0 Å². The van der Waals surface area contributed by atoms with Gasteiger partial charge in [0.1, 0.15) is 9.84 Å². The predicted molar refractivity (Wildman–Crippen MR) is 59.9 cm³/mol. The Kier molecular flexibility index (Phi) is 6.60. The van der Waals surface area contributed by atoms with E-state index in [1.807, 2.05) is 0 Å². The van der Waals surface area contributed by atoms with E-state index in [0.717, 1.165) is 12.8 Å². The third-order valence-corrected chi connectivity index (χ3v) is 2.89. The Morgan fingerprint density at radius 2 is 2.14 bits per heavy atom. The van der Waals surface area contributed by atoms with Crippen LogP contribution < -0.4 is 5.32 Å². The van der Waals surface area contributed by atoms with Gasteiger partial charge in [0.25, 0.3) is 0 Å². The zero-order valence-electron chi connectivity index (χ0n) is 8.91. The molecule has 0 fully saturated rings. The molecule has 82 valence electrons. The highest BCUT2D eigenvalue weighted by molar-refractivity contribution is 7.90. The average molecular weight is 217 g/mol. The molecule has 0 bridgehead atoms. The van der Waals surface area contributed by atoms with Crippen LogP contribution in [0, 0.1) is 12.3 Å². The normalized spacial score (nSPS) is 13.5. The van der Waals surface area contributed by atoms with Gasteiger partial charge >= 0.3 is 0 Å². The molecule has 1 atom stereocenters. The highest BCUT2D eigenvalue weighted by Crippen LogP contribution is 1.95. The zero-order chi connectivity index (χ0) is 11.0. The number of sulfone groups is 1. The summed E-state index contributed by atoms with van der Waals surface area (Å²) in [7, 11) is -2.83. The van der Waals surface area contributed by atoms with Crippen molar-refractivity contribution >= 4 is 9.84 Å². The quantitative estimate of drug-likeness (QED) is 0.507. The lowest BCUT2D eigenvalue weighted by atomic mass is 10.2. The summed E-state index contributed by atoms with van der Waals surface area (Å²) in [5.74, 6) is 2.87. The van der Waals surface area contributed by atoms with Gasteiger partial charge < -0.3 is 5.32 Å². The van der Waals surface area contributed by atoms with Crippen LogP contribution in [0.1, 0.15) is 26.2 Å². The lowest BCUT2D eigenvalue weighted by molar-refractivity contribution is 0.554. The number of rotatable bonds is 7. The maximum absolute atomic E-state index is 10.8. The molecule has 1 N–H and O–H groups in total. The average Bonchev–Trinajstić information content (AvgIpc) is 2.08. The SMILES string of the molecule is C#CC(CCC)NCCCS(C)(=O)=O. The van der Waals surface area contributed by atoms with Crippen molar-refractivity contribution < 1.29 is 8.42 Å². The maximum atomic E-state index is 10.8. The fourth-order valence-electron chi connectivity index (χ4n) is 1.14. The van der Waals surface area contributed by atoms with Crippen molar-refractivity contribution in [1.82, 2.24) is 5.32 Å². The zero-order valence-corrected chi connectivity index (χ0v) is 9.73. The van der Waals surface area contributed by atoms with Crippen LogP contribution in [0.25, 0.3) is 0 Å². The topological polar surface area (TPSA) is 46.2 Å². The first kappa shape index (κ1) is 13.5. The van der Waals surface area contributed by atoms with E-state index in [1.54, 1.807) is 0 Å². The molecule has 0 saturated carbocycles. The molecule has 0 saturated heterocycles. The molecule has 0 aromatic carbocycles. The summed E-state index contributed by atoms with van der Waals surface area (Å²) in [4.78, 5) is 0. The molecular formula is C10H19NO2S. The van der Waals surface area contributed by atoms with Crippen molar-refractivity contribution in [2.45, 2.75) is 32.2 Å². The number of terminal acetylenes is 1. The van der Waals surface area contributed by atoms with Gasteiger partial charge in [0.15, 0.2) is 0 Å². The van der Waals surface area contributed by atoms with Crippen molar-refractivity contribution in [1.29, 1.82) is 0 Å². The van der Waals surface area contributed by atoms with Gasteiger partial charge in [-0.2, -0.15) is 0 Å². The minimum Gasteiger partial charge on any atom is -0.304 e. The molecule has 0 rings (SSSR count). The Labute approximate surface area is 87.2 Å². The van der Waals surface area contributed by atoms with Crippen LogP contribution in [0.4, 0.5) is 0 Å². The summed E-state index contributed by atoms with van der Waals surface area (Å²) in [6, 6.07) is 0.0829. The van der Waals surface area contributed by atoms with Crippen LogP contribution in [0.15, 0.2) is 0 Å². The lowest BCUT2D eigenvalue weighted by Gasteiger charge is -2.10. The van der Waals surface area contributed by atoms with Crippen molar-refractivity contribution in [2.75, 3.05) is 18.6 Å². The molecule has 4 heteroatoms. The first-order valence-corrected chi connectivity index (χ1v) is 6.93. The van der Waals surface area contributed by atoms with E-state index in [0.29, 0.717) is 13.0 Å². The van der Waals surface area contributed by atoms with Gasteiger partial charge in [-0.1, -0.05) is 19.3 Å². The second-order valence-electron chi connectivity index (χ2n) is 3.45. The van der Waals surface area contributed by atoms with Crippen molar-refractivity contribution in [2.24, 2.45) is 0 Å². The Morgan fingerprint density at radius 1 is 1.50 bits per heavy atom. The fraction of sp³-hybridized carbons (Fsp3) is 0.800. The van der Waals surface area contributed by atoms with Crippen molar-refractivity contribution in [3.05, 3.63) is 0 Å². The molecule has 3 nitrogen and oxygen atoms in total. The standard InChI is InChI=1S/C10H19NO2S/c1-4-7-10(5-2)11-8-6-9-14(3,12)13/h2,10-11H,4,6-9H2,1,3H3. The van der Waals surface area contributed by atoms with E-state index in [-0.39, 0.29) is 11.8 Å². The molecule has 0 aliphatic heterocycles. The molecule has 1 unspecified atom stereocenters. The van der Waals surface area contributed by atoms with Crippen molar-refractivity contribution in [3.63, 3.8) is 0 Å². The van der Waals surface area contributed by atoms with Crippen LogP contribution in [-0.2, 0) is 9.84 Å². The van der Waals surface area contributed by atoms with E-state index >= 15 is 0 Å². The van der Waals surface area contributed by atoms with Gasteiger partial charge in [-0.3, -0.25) is 0 Å². The highest BCUT2D eigenvalue weighted by atomic mass is 32.2. The Morgan fingerprint density at radius 3 is 2.57 bits per heavy atom. The van der Waals surface area contributed by atoms with Crippen LogP contribution in [0.3, 0.4) is 0 Å². The Hall–Kier alpha value is -0.530. The molecule has 0 aliphatic rings. The van der Waals surface area contributed by atoms with E-state index in [9.17, 15) is 8.42 Å².